The molecule has 0 unspecified atom stereocenters. The van der Waals surface area contributed by atoms with E-state index in [1.165, 1.54) is 12.3 Å². The average molecular weight is 454 g/mol. The fourth-order valence-electron chi connectivity index (χ4n) is 4.93. The molecule has 0 radical (unpaired) electrons. The third kappa shape index (κ3) is 3.64. The van der Waals surface area contributed by atoms with Crippen LogP contribution in [0.4, 0.5) is 19.1 Å². The summed E-state index contributed by atoms with van der Waals surface area (Å²) in [6.45, 7) is 3.24. The number of oxazole rings is 1. The van der Waals surface area contributed by atoms with Crippen LogP contribution in [0.15, 0.2) is 53.4 Å². The SMILES string of the molecule is FC(F)(F)c1cccc(-c2nc3occn3c2-c2ccnc(N[C@H]3CN4CCC3CC4)n2)c1. The summed E-state index contributed by atoms with van der Waals surface area (Å²) in [5, 5.41) is 3.48. The molecule has 4 aromatic rings. The maximum absolute atomic E-state index is 13.3. The Kier molecular flexibility index (Phi) is 4.65. The molecule has 0 spiro atoms. The highest BCUT2D eigenvalue weighted by molar-refractivity contribution is 5.80. The lowest BCUT2D eigenvalue weighted by molar-refractivity contribution is -0.137. The molecule has 3 aliphatic rings. The fraction of sp³-hybridized carbons (Fsp3) is 0.348. The maximum Gasteiger partial charge on any atom is 0.416 e. The van der Waals surface area contributed by atoms with Crippen LogP contribution in [-0.4, -0.2) is 49.9 Å². The molecular formula is C23H21F3N6O. The van der Waals surface area contributed by atoms with Crippen LogP contribution < -0.4 is 5.32 Å². The third-order valence-electron chi connectivity index (χ3n) is 6.59. The number of fused-ring (bicyclic) bond motifs is 4. The van der Waals surface area contributed by atoms with Gasteiger partial charge in [0.1, 0.15) is 17.7 Å². The zero-order chi connectivity index (χ0) is 22.6. The molecule has 0 aliphatic carbocycles. The third-order valence-corrected chi connectivity index (χ3v) is 6.59. The van der Waals surface area contributed by atoms with Crippen molar-refractivity contribution in [3.05, 3.63) is 54.6 Å². The van der Waals surface area contributed by atoms with Gasteiger partial charge in [-0.1, -0.05) is 12.1 Å². The van der Waals surface area contributed by atoms with E-state index in [0.29, 0.717) is 34.5 Å². The second kappa shape index (κ2) is 7.58. The Morgan fingerprint density at radius 2 is 1.94 bits per heavy atom. The summed E-state index contributed by atoms with van der Waals surface area (Å²) >= 11 is 0. The first-order chi connectivity index (χ1) is 16.0. The zero-order valence-corrected chi connectivity index (χ0v) is 17.6. The Morgan fingerprint density at radius 1 is 1.09 bits per heavy atom. The lowest BCUT2D eigenvalue weighted by Crippen LogP contribution is -2.53. The molecule has 170 valence electrons. The summed E-state index contributed by atoms with van der Waals surface area (Å²) in [5.41, 5.74) is 1.08. The number of alkyl halides is 3. The Hall–Kier alpha value is -3.40. The molecule has 1 atom stereocenters. The first-order valence-electron chi connectivity index (χ1n) is 10.9. The van der Waals surface area contributed by atoms with Crippen molar-refractivity contribution >= 4 is 11.8 Å². The summed E-state index contributed by atoms with van der Waals surface area (Å²) in [4.78, 5) is 16.0. The van der Waals surface area contributed by atoms with Gasteiger partial charge in [0, 0.05) is 30.5 Å². The van der Waals surface area contributed by atoms with E-state index in [1.807, 2.05) is 0 Å². The van der Waals surface area contributed by atoms with Crippen molar-refractivity contribution in [1.29, 1.82) is 0 Å². The van der Waals surface area contributed by atoms with Crippen LogP contribution in [0, 0.1) is 5.92 Å². The second-order valence-electron chi connectivity index (χ2n) is 8.60. The van der Waals surface area contributed by atoms with Crippen molar-refractivity contribution in [2.75, 3.05) is 25.0 Å². The second-order valence-corrected chi connectivity index (χ2v) is 8.60. The van der Waals surface area contributed by atoms with Crippen LogP contribution in [-0.2, 0) is 6.18 Å². The van der Waals surface area contributed by atoms with Crippen molar-refractivity contribution in [3.63, 3.8) is 0 Å². The number of aromatic nitrogens is 4. The molecular weight excluding hydrogens is 433 g/mol. The molecule has 10 heteroatoms. The quantitative estimate of drug-likeness (QED) is 0.487. The van der Waals surface area contributed by atoms with Gasteiger partial charge < -0.3 is 14.6 Å². The van der Waals surface area contributed by atoms with Crippen molar-refractivity contribution in [2.45, 2.75) is 25.1 Å². The van der Waals surface area contributed by atoms with Gasteiger partial charge in [0.2, 0.25) is 5.95 Å². The molecule has 0 amide bonds. The molecule has 3 aliphatic heterocycles. The van der Waals surface area contributed by atoms with Crippen molar-refractivity contribution < 1.29 is 17.6 Å². The van der Waals surface area contributed by atoms with Gasteiger partial charge in [0.15, 0.2) is 0 Å². The molecule has 3 aromatic heterocycles. The van der Waals surface area contributed by atoms with Gasteiger partial charge in [0.05, 0.1) is 11.3 Å². The van der Waals surface area contributed by atoms with E-state index in [4.69, 9.17) is 9.40 Å². The fourth-order valence-corrected chi connectivity index (χ4v) is 4.93. The number of rotatable bonds is 4. The summed E-state index contributed by atoms with van der Waals surface area (Å²) in [6, 6.07) is 7.14. The van der Waals surface area contributed by atoms with Gasteiger partial charge in [-0.25, -0.2) is 9.97 Å². The summed E-state index contributed by atoms with van der Waals surface area (Å²) in [5.74, 6) is 1.38. The number of imidazole rings is 1. The number of piperidine rings is 3. The molecule has 6 heterocycles. The number of halogens is 3. The Balaban J connectivity index is 1.40. The Bertz CT molecular complexity index is 1310. The van der Waals surface area contributed by atoms with Gasteiger partial charge in [-0.2, -0.15) is 18.2 Å². The molecule has 7 rings (SSSR count). The summed E-state index contributed by atoms with van der Waals surface area (Å²) in [7, 11) is 0. The normalized spacial score (nSPS) is 22.7. The molecule has 0 saturated carbocycles. The number of nitrogens with zero attached hydrogens (tertiary/aromatic N) is 5. The van der Waals surface area contributed by atoms with E-state index in [1.54, 1.807) is 28.9 Å². The molecule has 1 N–H and O–H groups in total. The number of benzene rings is 1. The highest BCUT2D eigenvalue weighted by Crippen LogP contribution is 2.36. The molecule has 7 nitrogen and oxygen atoms in total. The van der Waals surface area contributed by atoms with E-state index in [0.717, 1.165) is 44.6 Å². The number of hydrogen-bond acceptors (Lipinski definition) is 6. The Labute approximate surface area is 187 Å². The number of hydrogen-bond donors (Lipinski definition) is 1. The molecule has 3 saturated heterocycles. The first-order valence-corrected chi connectivity index (χ1v) is 10.9. The highest BCUT2D eigenvalue weighted by Gasteiger charge is 2.34. The van der Waals surface area contributed by atoms with Crippen molar-refractivity contribution in [3.8, 4) is 22.6 Å². The van der Waals surface area contributed by atoms with E-state index in [2.05, 4.69) is 20.2 Å². The standard InChI is InChI=1S/C23H21F3N6O/c24-23(25,26)16-3-1-2-15(12-16)19-20(32-10-11-33-22(32)30-19)17-4-7-27-21(28-17)29-18-13-31-8-5-14(18)6-9-31/h1-4,7,10-12,14,18H,5-6,8-9,13H2,(H,27,28,29)/t18-/m0/s1. The molecule has 3 fully saturated rings. The summed E-state index contributed by atoms with van der Waals surface area (Å²) in [6.07, 6.45) is 2.69. The Morgan fingerprint density at radius 3 is 2.70 bits per heavy atom. The predicted molar refractivity (Wildman–Crippen MR) is 115 cm³/mol. The number of nitrogens with one attached hydrogen (secondary N) is 1. The van der Waals surface area contributed by atoms with Gasteiger partial charge in [-0.15, -0.1) is 0 Å². The van der Waals surface area contributed by atoms with Gasteiger partial charge >= 0.3 is 12.0 Å². The van der Waals surface area contributed by atoms with Gasteiger partial charge in [0.25, 0.3) is 0 Å². The molecule has 33 heavy (non-hydrogen) atoms. The summed E-state index contributed by atoms with van der Waals surface area (Å²) < 4.78 is 47.1. The average Bonchev–Trinajstić information content (AvgIpc) is 3.41. The lowest BCUT2D eigenvalue weighted by atomic mass is 9.84. The van der Waals surface area contributed by atoms with Gasteiger partial charge in [-0.3, -0.25) is 4.40 Å². The number of anilines is 1. The molecule has 1 aromatic carbocycles. The van der Waals surface area contributed by atoms with E-state index in [-0.39, 0.29) is 11.9 Å². The minimum atomic E-state index is -4.45. The van der Waals surface area contributed by atoms with Crippen molar-refractivity contribution in [1.82, 2.24) is 24.3 Å². The maximum atomic E-state index is 13.3. The van der Waals surface area contributed by atoms with Crippen LogP contribution in [0.2, 0.25) is 0 Å². The largest absolute Gasteiger partial charge is 0.432 e. The van der Waals surface area contributed by atoms with Crippen LogP contribution >= 0.6 is 0 Å². The van der Waals surface area contributed by atoms with Crippen LogP contribution in [0.1, 0.15) is 18.4 Å². The van der Waals surface area contributed by atoms with E-state index < -0.39 is 11.7 Å². The van der Waals surface area contributed by atoms with E-state index in [9.17, 15) is 13.2 Å². The van der Waals surface area contributed by atoms with E-state index >= 15 is 0 Å². The monoisotopic (exact) mass is 454 g/mol. The smallest absolute Gasteiger partial charge is 0.416 e. The highest BCUT2D eigenvalue weighted by atomic mass is 19.4. The van der Waals surface area contributed by atoms with Gasteiger partial charge in [-0.05, 0) is 50.0 Å². The predicted octanol–water partition coefficient (Wildman–Crippen LogP) is 4.58. The topological polar surface area (TPSA) is 71.5 Å². The van der Waals surface area contributed by atoms with Crippen LogP contribution in [0.25, 0.3) is 28.5 Å². The van der Waals surface area contributed by atoms with Crippen LogP contribution in [0.5, 0.6) is 0 Å². The van der Waals surface area contributed by atoms with Crippen LogP contribution in [0.3, 0.4) is 0 Å². The first kappa shape index (κ1) is 20.2. The molecule has 2 bridgehead atoms. The lowest BCUT2D eigenvalue weighted by Gasteiger charge is -2.44. The zero-order valence-electron chi connectivity index (χ0n) is 17.6. The minimum absolute atomic E-state index is 0.280. The van der Waals surface area contributed by atoms with Crippen molar-refractivity contribution in [2.24, 2.45) is 5.92 Å². The minimum Gasteiger partial charge on any atom is -0.432 e.